The highest BCUT2D eigenvalue weighted by atomic mass is 14.9. The molecule has 0 aromatic carbocycles. The second kappa shape index (κ2) is 3.86. The van der Waals surface area contributed by atoms with Gasteiger partial charge in [0.15, 0.2) is 0 Å². The van der Waals surface area contributed by atoms with Gasteiger partial charge in [0.1, 0.15) is 5.82 Å². The van der Waals surface area contributed by atoms with Crippen LogP contribution in [0.3, 0.4) is 0 Å². The van der Waals surface area contributed by atoms with Gasteiger partial charge in [-0.2, -0.15) is 0 Å². The lowest BCUT2D eigenvalue weighted by atomic mass is 9.89. The first-order valence-corrected chi connectivity index (χ1v) is 5.41. The van der Waals surface area contributed by atoms with Gasteiger partial charge >= 0.3 is 0 Å². The fourth-order valence-electron chi connectivity index (χ4n) is 1.37. The third kappa shape index (κ3) is 2.57. The first-order valence-electron chi connectivity index (χ1n) is 5.41. The van der Waals surface area contributed by atoms with Crippen molar-refractivity contribution in [2.75, 3.05) is 0 Å². The molecule has 0 spiro atoms. The summed E-state index contributed by atoms with van der Waals surface area (Å²) < 4.78 is 0. The van der Waals surface area contributed by atoms with E-state index >= 15 is 0 Å². The van der Waals surface area contributed by atoms with E-state index in [2.05, 4.69) is 56.4 Å². The van der Waals surface area contributed by atoms with Crippen molar-refractivity contribution in [1.29, 1.82) is 0 Å². The van der Waals surface area contributed by atoms with Crippen LogP contribution in [0.15, 0.2) is 6.20 Å². The minimum Gasteiger partial charge on any atom is -0.252 e. The second-order valence-corrected chi connectivity index (χ2v) is 6.04. The van der Waals surface area contributed by atoms with Crippen LogP contribution in [0.4, 0.5) is 5.69 Å². The zero-order valence-corrected chi connectivity index (χ0v) is 10.9. The molecule has 16 heavy (non-hydrogen) atoms. The molecule has 3 nitrogen and oxygen atoms in total. The monoisotopic (exact) mass is 217 g/mol. The molecule has 0 aliphatic rings. The van der Waals surface area contributed by atoms with Crippen LogP contribution in [0.2, 0.25) is 0 Å². The van der Waals surface area contributed by atoms with Gasteiger partial charge in [0.05, 0.1) is 12.3 Å². The smallest absolute Gasteiger partial charge is 0.226 e. The van der Waals surface area contributed by atoms with Crippen molar-refractivity contribution in [3.8, 4) is 0 Å². The lowest BCUT2D eigenvalue weighted by Gasteiger charge is -2.23. The van der Waals surface area contributed by atoms with E-state index in [1.165, 1.54) is 0 Å². The molecule has 0 unspecified atom stereocenters. The number of nitrogens with zero attached hydrogens (tertiary/aromatic N) is 3. The standard InChI is InChI=1S/C13H19N3/c1-12(2,3)10-9(14-7)8-15-11(16-10)13(4,5)6/h8H,1-6H3. The quantitative estimate of drug-likeness (QED) is 0.621. The molecule has 1 aromatic rings. The molecule has 1 heterocycles. The predicted octanol–water partition coefficient (Wildman–Crippen LogP) is 3.62. The lowest BCUT2D eigenvalue weighted by molar-refractivity contribution is 0.515. The van der Waals surface area contributed by atoms with Gasteiger partial charge in [-0.15, -0.1) is 0 Å². The summed E-state index contributed by atoms with van der Waals surface area (Å²) in [5.74, 6) is 0.796. The van der Waals surface area contributed by atoms with E-state index in [4.69, 9.17) is 6.57 Å². The maximum atomic E-state index is 7.14. The predicted molar refractivity (Wildman–Crippen MR) is 65.7 cm³/mol. The van der Waals surface area contributed by atoms with Gasteiger partial charge in [-0.25, -0.2) is 9.83 Å². The molecule has 0 atom stereocenters. The molecule has 0 radical (unpaired) electrons. The molecule has 0 bridgehead atoms. The second-order valence-electron chi connectivity index (χ2n) is 6.04. The number of rotatable bonds is 0. The number of hydrogen-bond acceptors (Lipinski definition) is 2. The van der Waals surface area contributed by atoms with Crippen molar-refractivity contribution in [2.24, 2.45) is 0 Å². The molecule has 0 saturated carbocycles. The normalized spacial score (nSPS) is 12.3. The summed E-state index contributed by atoms with van der Waals surface area (Å²) in [4.78, 5) is 12.3. The molecule has 86 valence electrons. The van der Waals surface area contributed by atoms with Crippen molar-refractivity contribution in [2.45, 2.75) is 52.4 Å². The van der Waals surface area contributed by atoms with Gasteiger partial charge in [-0.05, 0) is 5.41 Å². The first kappa shape index (κ1) is 12.6. The van der Waals surface area contributed by atoms with Gasteiger partial charge < -0.3 is 0 Å². The Morgan fingerprint density at radius 2 is 1.62 bits per heavy atom. The van der Waals surface area contributed by atoms with E-state index in [1.54, 1.807) is 6.20 Å². The molecule has 0 N–H and O–H groups in total. The maximum absolute atomic E-state index is 7.14. The van der Waals surface area contributed by atoms with Gasteiger partial charge in [-0.3, -0.25) is 4.98 Å². The fourth-order valence-corrected chi connectivity index (χ4v) is 1.37. The van der Waals surface area contributed by atoms with Crippen LogP contribution in [0.1, 0.15) is 53.1 Å². The Bertz CT molecular complexity index is 428. The summed E-state index contributed by atoms with van der Waals surface area (Å²) in [6, 6.07) is 0. The van der Waals surface area contributed by atoms with Crippen LogP contribution in [0, 0.1) is 6.57 Å². The van der Waals surface area contributed by atoms with Crippen LogP contribution in [-0.4, -0.2) is 9.97 Å². The number of aromatic nitrogens is 2. The van der Waals surface area contributed by atoms with Gasteiger partial charge in [0.25, 0.3) is 0 Å². The SMILES string of the molecule is [C-]#[N+]c1cnc(C(C)(C)C)nc1C(C)(C)C. The number of hydrogen-bond donors (Lipinski definition) is 0. The van der Waals surface area contributed by atoms with Crippen molar-refractivity contribution >= 4 is 5.69 Å². The summed E-state index contributed by atoms with van der Waals surface area (Å²) in [5, 5.41) is 0. The summed E-state index contributed by atoms with van der Waals surface area (Å²) in [6.07, 6.45) is 1.64. The Kier molecular flexibility index (Phi) is 3.05. The molecule has 0 amide bonds. The average Bonchev–Trinajstić information content (AvgIpc) is 2.14. The molecular formula is C13H19N3. The third-order valence-electron chi connectivity index (χ3n) is 2.27. The minimum absolute atomic E-state index is 0.0828. The van der Waals surface area contributed by atoms with Gasteiger partial charge in [0, 0.05) is 11.6 Å². The molecule has 0 aliphatic carbocycles. The largest absolute Gasteiger partial charge is 0.252 e. The zero-order valence-electron chi connectivity index (χ0n) is 10.9. The Morgan fingerprint density at radius 1 is 1.06 bits per heavy atom. The molecule has 0 saturated heterocycles. The highest BCUT2D eigenvalue weighted by Crippen LogP contribution is 2.31. The van der Waals surface area contributed by atoms with Crippen LogP contribution >= 0.6 is 0 Å². The minimum atomic E-state index is -0.122. The van der Waals surface area contributed by atoms with Crippen LogP contribution in [0.25, 0.3) is 4.85 Å². The highest BCUT2D eigenvalue weighted by molar-refractivity contribution is 5.50. The van der Waals surface area contributed by atoms with Crippen LogP contribution < -0.4 is 0 Å². The highest BCUT2D eigenvalue weighted by Gasteiger charge is 2.24. The lowest BCUT2D eigenvalue weighted by Crippen LogP contribution is -2.21. The molecule has 1 aromatic heterocycles. The summed E-state index contributed by atoms with van der Waals surface area (Å²) in [7, 11) is 0. The summed E-state index contributed by atoms with van der Waals surface area (Å²) in [5.41, 5.74) is 1.19. The summed E-state index contributed by atoms with van der Waals surface area (Å²) in [6.45, 7) is 19.6. The van der Waals surface area contributed by atoms with E-state index in [9.17, 15) is 0 Å². The zero-order chi connectivity index (χ0) is 12.6. The van der Waals surface area contributed by atoms with Gasteiger partial charge in [0.2, 0.25) is 5.69 Å². The fraction of sp³-hybridized carbons (Fsp3) is 0.615. The Labute approximate surface area is 97.8 Å². The van der Waals surface area contributed by atoms with E-state index < -0.39 is 0 Å². The van der Waals surface area contributed by atoms with Crippen molar-refractivity contribution < 1.29 is 0 Å². The van der Waals surface area contributed by atoms with Crippen LogP contribution in [-0.2, 0) is 10.8 Å². The van der Waals surface area contributed by atoms with E-state index in [0.29, 0.717) is 5.69 Å². The van der Waals surface area contributed by atoms with E-state index in [-0.39, 0.29) is 10.8 Å². The Morgan fingerprint density at radius 3 is 2.00 bits per heavy atom. The van der Waals surface area contributed by atoms with Crippen LogP contribution in [0.5, 0.6) is 0 Å². The first-order chi connectivity index (χ1) is 7.16. The molecular weight excluding hydrogens is 198 g/mol. The van der Waals surface area contributed by atoms with Crippen molar-refractivity contribution in [3.63, 3.8) is 0 Å². The Hall–Kier alpha value is -1.43. The average molecular weight is 217 g/mol. The van der Waals surface area contributed by atoms with Crippen molar-refractivity contribution in [1.82, 2.24) is 9.97 Å². The van der Waals surface area contributed by atoms with E-state index in [0.717, 1.165) is 11.5 Å². The van der Waals surface area contributed by atoms with Crippen molar-refractivity contribution in [3.05, 3.63) is 29.1 Å². The van der Waals surface area contributed by atoms with E-state index in [1.807, 2.05) is 0 Å². The maximum Gasteiger partial charge on any atom is 0.226 e. The third-order valence-corrected chi connectivity index (χ3v) is 2.27. The summed E-state index contributed by atoms with van der Waals surface area (Å²) >= 11 is 0. The molecule has 3 heteroatoms. The topological polar surface area (TPSA) is 30.1 Å². The molecule has 1 rings (SSSR count). The molecule has 0 fully saturated rings. The Balaban J connectivity index is 3.41. The van der Waals surface area contributed by atoms with Gasteiger partial charge in [-0.1, -0.05) is 41.5 Å². The molecule has 0 aliphatic heterocycles.